The molecule has 3 unspecified atom stereocenters. The molecule has 176 valence electrons. The second-order valence-corrected chi connectivity index (χ2v) is 9.39. The summed E-state index contributed by atoms with van der Waals surface area (Å²) in [7, 11) is 0.606. The molecule has 0 bridgehead atoms. The highest BCUT2D eigenvalue weighted by Crippen LogP contribution is 2.38. The monoisotopic (exact) mass is 473 g/mol. The van der Waals surface area contributed by atoms with Gasteiger partial charge < -0.3 is 18.9 Å². The van der Waals surface area contributed by atoms with Crippen LogP contribution >= 0.6 is 0 Å². The summed E-state index contributed by atoms with van der Waals surface area (Å²) >= 11 is 0. The number of benzene rings is 2. The normalized spacial score (nSPS) is 21.5. The molecule has 1 fully saturated rings. The van der Waals surface area contributed by atoms with Gasteiger partial charge in [0.05, 0.1) is 38.5 Å². The lowest BCUT2D eigenvalue weighted by molar-refractivity contribution is 0.337. The van der Waals surface area contributed by atoms with Crippen molar-refractivity contribution in [3.05, 3.63) is 54.7 Å². The maximum absolute atomic E-state index is 13.7. The van der Waals surface area contributed by atoms with E-state index in [1.165, 1.54) is 37.8 Å². The quantitative estimate of drug-likeness (QED) is 0.529. The van der Waals surface area contributed by atoms with Crippen LogP contribution in [0.15, 0.2) is 64.6 Å². The van der Waals surface area contributed by atoms with Gasteiger partial charge in [0.1, 0.15) is 29.6 Å². The Morgan fingerprint density at radius 1 is 1.06 bits per heavy atom. The number of sulfonamides is 1. The van der Waals surface area contributed by atoms with E-state index in [9.17, 15) is 8.42 Å². The van der Waals surface area contributed by atoms with Crippen molar-refractivity contribution in [3.8, 4) is 17.2 Å². The van der Waals surface area contributed by atoms with E-state index in [0.29, 0.717) is 22.9 Å². The first kappa shape index (κ1) is 23.1. The number of hydrogen-bond acceptors (Lipinski definition) is 8. The van der Waals surface area contributed by atoms with E-state index in [0.717, 1.165) is 6.42 Å². The molecule has 0 radical (unpaired) electrons. The molecule has 0 aromatic heterocycles. The van der Waals surface area contributed by atoms with Crippen molar-refractivity contribution < 1.29 is 27.4 Å². The number of ether oxygens (including phenoxy) is 4. The molecule has 1 saturated heterocycles. The minimum atomic E-state index is -3.95. The second kappa shape index (κ2) is 9.82. The van der Waals surface area contributed by atoms with Crippen molar-refractivity contribution in [3.63, 3.8) is 0 Å². The Kier molecular flexibility index (Phi) is 6.87. The van der Waals surface area contributed by atoms with Gasteiger partial charge in [-0.25, -0.2) is 8.42 Å². The Morgan fingerprint density at radius 2 is 1.79 bits per heavy atom. The van der Waals surface area contributed by atoms with Gasteiger partial charge in [0.2, 0.25) is 0 Å². The fourth-order valence-electron chi connectivity index (χ4n) is 3.59. The Balaban J connectivity index is 1.64. The summed E-state index contributed by atoms with van der Waals surface area (Å²) < 4.78 is 50.6. The maximum Gasteiger partial charge on any atom is 0.264 e. The molecule has 2 aromatic carbocycles. The molecule has 3 atom stereocenters. The van der Waals surface area contributed by atoms with Crippen LogP contribution in [0, 0.1) is 0 Å². The lowest BCUT2D eigenvalue weighted by atomic mass is 10.2. The van der Waals surface area contributed by atoms with Crippen LogP contribution in [0.3, 0.4) is 0 Å². The summed E-state index contributed by atoms with van der Waals surface area (Å²) in [5, 5.41) is 3.36. The van der Waals surface area contributed by atoms with Gasteiger partial charge in [0.15, 0.2) is 0 Å². The Hall–Kier alpha value is -3.08. The van der Waals surface area contributed by atoms with Crippen molar-refractivity contribution >= 4 is 21.9 Å². The molecule has 2 aromatic rings. The second-order valence-electron chi connectivity index (χ2n) is 7.53. The summed E-state index contributed by atoms with van der Waals surface area (Å²) in [5.74, 6) is 1.49. The third-order valence-corrected chi connectivity index (χ3v) is 7.27. The maximum atomic E-state index is 13.7. The zero-order valence-corrected chi connectivity index (χ0v) is 19.5. The number of hydrogen-bond donors (Lipinski definition) is 1. The summed E-state index contributed by atoms with van der Waals surface area (Å²) in [5.41, 5.74) is 0.367. The molecule has 0 spiro atoms. The first-order valence-electron chi connectivity index (χ1n) is 10.4. The van der Waals surface area contributed by atoms with Crippen LogP contribution in [-0.4, -0.2) is 60.9 Å². The van der Waals surface area contributed by atoms with Gasteiger partial charge in [-0.15, -0.1) is 0 Å². The highest BCUT2D eigenvalue weighted by atomic mass is 32.2. The zero-order valence-electron chi connectivity index (χ0n) is 18.7. The van der Waals surface area contributed by atoms with Crippen LogP contribution < -0.4 is 23.8 Å². The number of nitrogens with one attached hydrogen (secondary N) is 1. The average molecular weight is 474 g/mol. The number of epoxide rings is 1. The average Bonchev–Trinajstić information content (AvgIpc) is 3.59. The number of anilines is 1. The molecule has 0 saturated carbocycles. The van der Waals surface area contributed by atoms with Crippen LogP contribution in [0.4, 0.5) is 5.69 Å². The van der Waals surface area contributed by atoms with Crippen LogP contribution in [0.1, 0.15) is 6.42 Å². The van der Waals surface area contributed by atoms with Crippen molar-refractivity contribution in [2.24, 2.45) is 4.99 Å². The molecule has 33 heavy (non-hydrogen) atoms. The fourth-order valence-corrected chi connectivity index (χ4v) is 5.07. The Bertz CT molecular complexity index is 1130. The van der Waals surface area contributed by atoms with E-state index in [-0.39, 0.29) is 29.8 Å². The van der Waals surface area contributed by atoms with Crippen LogP contribution in [0.25, 0.3) is 0 Å². The van der Waals surface area contributed by atoms with Gasteiger partial charge >= 0.3 is 0 Å². The molecular formula is C23H27N3O6S. The summed E-state index contributed by atoms with van der Waals surface area (Å²) in [6.45, 7) is 0.0973. The van der Waals surface area contributed by atoms with E-state index in [1.54, 1.807) is 36.5 Å². The van der Waals surface area contributed by atoms with Crippen molar-refractivity contribution in [1.29, 1.82) is 0 Å². The number of rotatable bonds is 10. The van der Waals surface area contributed by atoms with Gasteiger partial charge in [-0.3, -0.25) is 14.6 Å². The molecular weight excluding hydrogens is 446 g/mol. The molecule has 2 aliphatic rings. The van der Waals surface area contributed by atoms with Gasteiger partial charge in [0.25, 0.3) is 10.0 Å². The summed E-state index contributed by atoms with van der Waals surface area (Å²) in [4.78, 5) is 4.20. The first-order valence-corrected chi connectivity index (χ1v) is 11.9. The standard InChI is InChI=1S/C23H27N3O6S/c1-29-17-4-7-19(8-5-17)33(27,28)26(20-14-18(30-2)6-9-21(20)31-3)15-22-23(32-22)25-16-10-12-24-13-11-16/h4-10,12-14,16,22-23,25H,11,15H2,1-3H3. The van der Waals surface area contributed by atoms with Crippen molar-refractivity contribution in [2.45, 2.75) is 29.7 Å². The lowest BCUT2D eigenvalue weighted by Gasteiger charge is -2.26. The number of aliphatic imine (C=N–C) groups is 1. The minimum absolute atomic E-state index is 0.0931. The van der Waals surface area contributed by atoms with E-state index < -0.39 is 10.0 Å². The fraction of sp³-hybridized carbons (Fsp3) is 0.348. The van der Waals surface area contributed by atoms with Crippen LogP contribution in [0.5, 0.6) is 17.2 Å². The topological polar surface area (TPSA) is 102 Å². The predicted molar refractivity (Wildman–Crippen MR) is 125 cm³/mol. The molecule has 10 heteroatoms. The van der Waals surface area contributed by atoms with Gasteiger partial charge in [0, 0.05) is 30.9 Å². The third kappa shape index (κ3) is 5.13. The van der Waals surface area contributed by atoms with E-state index in [2.05, 4.69) is 10.3 Å². The van der Waals surface area contributed by atoms with Crippen LogP contribution in [-0.2, 0) is 14.8 Å². The molecule has 9 nitrogen and oxygen atoms in total. The molecule has 0 amide bonds. The van der Waals surface area contributed by atoms with E-state index in [4.69, 9.17) is 18.9 Å². The third-order valence-electron chi connectivity index (χ3n) is 5.48. The summed E-state index contributed by atoms with van der Waals surface area (Å²) in [6.07, 6.45) is 5.67. The SMILES string of the molecule is COc1ccc(S(=O)(=O)N(CC2OC2NC2C=CN=CC2)c2cc(OC)ccc2OC)cc1. The molecule has 0 aliphatic carbocycles. The lowest BCUT2D eigenvalue weighted by Crippen LogP contribution is -2.38. The first-order chi connectivity index (χ1) is 16.0. The molecule has 2 aliphatic heterocycles. The Morgan fingerprint density at radius 3 is 2.42 bits per heavy atom. The van der Waals surface area contributed by atoms with Crippen molar-refractivity contribution in [2.75, 3.05) is 32.2 Å². The highest BCUT2D eigenvalue weighted by molar-refractivity contribution is 7.92. The van der Waals surface area contributed by atoms with Crippen LogP contribution in [0.2, 0.25) is 0 Å². The molecule has 4 rings (SSSR count). The van der Waals surface area contributed by atoms with Crippen molar-refractivity contribution in [1.82, 2.24) is 5.32 Å². The number of methoxy groups -OCH3 is 3. The van der Waals surface area contributed by atoms with Gasteiger partial charge in [-0.05, 0) is 42.5 Å². The largest absolute Gasteiger partial charge is 0.497 e. The molecule has 2 heterocycles. The summed E-state index contributed by atoms with van der Waals surface area (Å²) in [6, 6.07) is 11.4. The highest BCUT2D eigenvalue weighted by Gasteiger charge is 2.44. The van der Waals surface area contributed by atoms with E-state index in [1.807, 2.05) is 12.3 Å². The minimum Gasteiger partial charge on any atom is -0.497 e. The van der Waals surface area contributed by atoms with Gasteiger partial charge in [-0.2, -0.15) is 0 Å². The smallest absolute Gasteiger partial charge is 0.264 e. The Labute approximate surface area is 193 Å². The number of nitrogens with zero attached hydrogens (tertiary/aromatic N) is 2. The van der Waals surface area contributed by atoms with Gasteiger partial charge in [-0.1, -0.05) is 0 Å². The molecule has 1 N–H and O–H groups in total. The predicted octanol–water partition coefficient (Wildman–Crippen LogP) is 2.58. The van der Waals surface area contributed by atoms with E-state index >= 15 is 0 Å². The zero-order chi connectivity index (χ0) is 23.4.